The molecule has 0 aliphatic carbocycles. The molecule has 0 saturated carbocycles. The van der Waals surface area contributed by atoms with Gasteiger partial charge in [0.15, 0.2) is 0 Å². The van der Waals surface area contributed by atoms with Crippen LogP contribution in [0, 0.1) is 6.92 Å². The summed E-state index contributed by atoms with van der Waals surface area (Å²) in [5.74, 6) is 7.40. The Hall–Kier alpha value is -1.36. The SMILES string of the molecule is CCc1nc(NN)c(C)c(OC(C)(C)CC)n1. The van der Waals surface area contributed by atoms with Gasteiger partial charge in [-0.05, 0) is 27.2 Å². The molecule has 1 aromatic rings. The van der Waals surface area contributed by atoms with Crippen molar-refractivity contribution in [3.05, 3.63) is 11.4 Å². The van der Waals surface area contributed by atoms with Gasteiger partial charge in [0.05, 0.1) is 5.56 Å². The third kappa shape index (κ3) is 3.30. The molecular weight excluding hydrogens is 216 g/mol. The lowest BCUT2D eigenvalue weighted by Gasteiger charge is -2.25. The molecule has 17 heavy (non-hydrogen) atoms. The topological polar surface area (TPSA) is 73.1 Å². The normalized spacial score (nSPS) is 11.4. The van der Waals surface area contributed by atoms with Crippen molar-refractivity contribution in [3.8, 4) is 5.88 Å². The number of ether oxygens (including phenoxy) is 1. The summed E-state index contributed by atoms with van der Waals surface area (Å²) in [5, 5.41) is 0. The van der Waals surface area contributed by atoms with E-state index in [0.29, 0.717) is 11.7 Å². The first-order chi connectivity index (χ1) is 7.93. The predicted molar refractivity (Wildman–Crippen MR) is 69.0 cm³/mol. The highest BCUT2D eigenvalue weighted by molar-refractivity contribution is 5.47. The minimum absolute atomic E-state index is 0.240. The Bertz CT molecular complexity index is 390. The number of nitrogens with zero attached hydrogens (tertiary/aromatic N) is 2. The fraction of sp³-hybridized carbons (Fsp3) is 0.667. The van der Waals surface area contributed by atoms with E-state index < -0.39 is 0 Å². The van der Waals surface area contributed by atoms with Crippen molar-refractivity contribution in [1.82, 2.24) is 9.97 Å². The van der Waals surface area contributed by atoms with Gasteiger partial charge < -0.3 is 10.2 Å². The number of nitrogen functional groups attached to an aromatic ring is 1. The van der Waals surface area contributed by atoms with E-state index in [1.165, 1.54) is 0 Å². The van der Waals surface area contributed by atoms with Crippen LogP contribution in [0.25, 0.3) is 0 Å². The van der Waals surface area contributed by atoms with Crippen LogP contribution in [-0.2, 0) is 6.42 Å². The molecule has 0 aliphatic rings. The van der Waals surface area contributed by atoms with Gasteiger partial charge in [0.25, 0.3) is 0 Å². The van der Waals surface area contributed by atoms with E-state index in [2.05, 4.69) is 22.3 Å². The van der Waals surface area contributed by atoms with Gasteiger partial charge in [-0.15, -0.1) is 0 Å². The highest BCUT2D eigenvalue weighted by Gasteiger charge is 2.20. The summed E-state index contributed by atoms with van der Waals surface area (Å²) >= 11 is 0. The second-order valence-corrected chi connectivity index (χ2v) is 4.63. The number of aromatic nitrogens is 2. The van der Waals surface area contributed by atoms with Crippen molar-refractivity contribution in [2.45, 2.75) is 53.1 Å². The van der Waals surface area contributed by atoms with E-state index in [1.54, 1.807) is 0 Å². The summed E-state index contributed by atoms with van der Waals surface area (Å²) in [4.78, 5) is 8.70. The maximum Gasteiger partial charge on any atom is 0.222 e. The van der Waals surface area contributed by atoms with Gasteiger partial charge >= 0.3 is 0 Å². The van der Waals surface area contributed by atoms with Crippen LogP contribution in [0.3, 0.4) is 0 Å². The molecule has 0 unspecified atom stereocenters. The molecule has 0 atom stereocenters. The number of aryl methyl sites for hydroxylation is 1. The van der Waals surface area contributed by atoms with Crippen LogP contribution >= 0.6 is 0 Å². The zero-order valence-corrected chi connectivity index (χ0v) is 11.3. The molecule has 3 N–H and O–H groups in total. The Morgan fingerprint density at radius 3 is 2.41 bits per heavy atom. The Morgan fingerprint density at radius 1 is 1.29 bits per heavy atom. The molecule has 0 radical (unpaired) electrons. The van der Waals surface area contributed by atoms with Gasteiger partial charge in [0, 0.05) is 6.42 Å². The van der Waals surface area contributed by atoms with Crippen LogP contribution in [-0.4, -0.2) is 15.6 Å². The van der Waals surface area contributed by atoms with Crippen molar-refractivity contribution >= 4 is 5.82 Å². The highest BCUT2D eigenvalue weighted by Crippen LogP contribution is 2.26. The largest absolute Gasteiger partial charge is 0.471 e. The average Bonchev–Trinajstić information content (AvgIpc) is 2.31. The highest BCUT2D eigenvalue weighted by atomic mass is 16.5. The van der Waals surface area contributed by atoms with Gasteiger partial charge in [0.1, 0.15) is 17.2 Å². The lowest BCUT2D eigenvalue weighted by Crippen LogP contribution is -2.28. The Morgan fingerprint density at radius 2 is 1.94 bits per heavy atom. The Labute approximate surface area is 103 Å². The van der Waals surface area contributed by atoms with Crippen molar-refractivity contribution in [2.75, 3.05) is 5.43 Å². The third-order valence-corrected chi connectivity index (χ3v) is 2.82. The molecule has 5 heteroatoms. The monoisotopic (exact) mass is 238 g/mol. The minimum atomic E-state index is -0.240. The first-order valence-corrected chi connectivity index (χ1v) is 5.96. The van der Waals surface area contributed by atoms with Gasteiger partial charge in [-0.1, -0.05) is 13.8 Å². The minimum Gasteiger partial charge on any atom is -0.471 e. The molecule has 0 aromatic carbocycles. The Balaban J connectivity index is 3.13. The van der Waals surface area contributed by atoms with Gasteiger partial charge in [-0.3, -0.25) is 0 Å². The summed E-state index contributed by atoms with van der Waals surface area (Å²) in [6.07, 6.45) is 1.65. The van der Waals surface area contributed by atoms with Crippen LogP contribution in [0.1, 0.15) is 45.5 Å². The molecule has 5 nitrogen and oxygen atoms in total. The zero-order chi connectivity index (χ0) is 13.1. The fourth-order valence-corrected chi connectivity index (χ4v) is 1.27. The maximum absolute atomic E-state index is 5.92. The van der Waals surface area contributed by atoms with Crippen molar-refractivity contribution < 1.29 is 4.74 Å². The van der Waals surface area contributed by atoms with Crippen LogP contribution in [0.4, 0.5) is 5.82 Å². The number of nitrogens with two attached hydrogens (primary N) is 1. The first-order valence-electron chi connectivity index (χ1n) is 5.96. The van der Waals surface area contributed by atoms with Crippen LogP contribution < -0.4 is 16.0 Å². The van der Waals surface area contributed by atoms with E-state index in [0.717, 1.165) is 24.2 Å². The van der Waals surface area contributed by atoms with Gasteiger partial charge in [0.2, 0.25) is 5.88 Å². The molecule has 0 bridgehead atoms. The number of anilines is 1. The predicted octanol–water partition coefficient (Wildman–Crippen LogP) is 2.20. The third-order valence-electron chi connectivity index (χ3n) is 2.82. The molecule has 0 aliphatic heterocycles. The summed E-state index contributed by atoms with van der Waals surface area (Å²) in [5.41, 5.74) is 3.18. The van der Waals surface area contributed by atoms with Gasteiger partial charge in [-0.25, -0.2) is 10.8 Å². The van der Waals surface area contributed by atoms with Crippen molar-refractivity contribution in [1.29, 1.82) is 0 Å². The molecular formula is C12H22N4O. The second-order valence-electron chi connectivity index (χ2n) is 4.63. The van der Waals surface area contributed by atoms with E-state index in [-0.39, 0.29) is 5.60 Å². The van der Waals surface area contributed by atoms with Crippen LogP contribution in [0.5, 0.6) is 5.88 Å². The second kappa shape index (κ2) is 5.31. The number of hydrazine groups is 1. The van der Waals surface area contributed by atoms with Crippen molar-refractivity contribution in [2.24, 2.45) is 5.84 Å². The average molecular weight is 238 g/mol. The standard InChI is InChI=1S/C12H22N4O/c1-6-9-14-10(16-13)8(3)11(15-9)17-12(4,5)7-2/h6-7,13H2,1-5H3,(H,14,15,16). The molecule has 1 rings (SSSR count). The number of hydrogen-bond donors (Lipinski definition) is 2. The van der Waals surface area contributed by atoms with E-state index in [9.17, 15) is 0 Å². The van der Waals surface area contributed by atoms with Crippen molar-refractivity contribution in [3.63, 3.8) is 0 Å². The molecule has 1 aromatic heterocycles. The van der Waals surface area contributed by atoms with Gasteiger partial charge in [-0.2, -0.15) is 4.98 Å². The number of rotatable bonds is 5. The summed E-state index contributed by atoms with van der Waals surface area (Å²) in [6, 6.07) is 0. The molecule has 1 heterocycles. The number of hydrogen-bond acceptors (Lipinski definition) is 5. The fourth-order valence-electron chi connectivity index (χ4n) is 1.27. The first kappa shape index (κ1) is 13.7. The lowest BCUT2D eigenvalue weighted by molar-refractivity contribution is 0.0976. The quantitative estimate of drug-likeness (QED) is 0.607. The lowest BCUT2D eigenvalue weighted by atomic mass is 10.1. The molecule has 0 amide bonds. The summed E-state index contributed by atoms with van der Waals surface area (Å²) in [6.45, 7) is 10.1. The number of nitrogens with one attached hydrogen (secondary N) is 1. The van der Waals surface area contributed by atoms with Crippen LogP contribution in [0.15, 0.2) is 0 Å². The van der Waals surface area contributed by atoms with E-state index in [1.807, 2.05) is 27.7 Å². The summed E-state index contributed by atoms with van der Waals surface area (Å²) in [7, 11) is 0. The molecule has 96 valence electrons. The molecule has 0 fully saturated rings. The summed E-state index contributed by atoms with van der Waals surface area (Å²) < 4.78 is 5.92. The smallest absolute Gasteiger partial charge is 0.222 e. The maximum atomic E-state index is 5.92. The Kier molecular flexibility index (Phi) is 4.28. The van der Waals surface area contributed by atoms with Crippen LogP contribution in [0.2, 0.25) is 0 Å². The van der Waals surface area contributed by atoms with E-state index in [4.69, 9.17) is 10.6 Å². The molecule has 0 spiro atoms. The molecule has 0 saturated heterocycles. The zero-order valence-electron chi connectivity index (χ0n) is 11.3. The van der Waals surface area contributed by atoms with E-state index >= 15 is 0 Å².